The maximum absolute atomic E-state index is 13.4. The number of hydrogen-bond acceptors (Lipinski definition) is 6. The molecule has 0 spiro atoms. The maximum atomic E-state index is 13.4. The van der Waals surface area contributed by atoms with E-state index >= 15 is 0 Å². The van der Waals surface area contributed by atoms with Gasteiger partial charge in [0.1, 0.15) is 12.6 Å². The highest BCUT2D eigenvalue weighted by atomic mass is 19.4. The van der Waals surface area contributed by atoms with Crippen LogP contribution in [-0.2, 0) is 4.79 Å². The third-order valence-corrected chi connectivity index (χ3v) is 5.48. The van der Waals surface area contributed by atoms with Crippen molar-refractivity contribution in [2.24, 2.45) is 16.8 Å². The average molecular weight is 391 g/mol. The van der Waals surface area contributed by atoms with Crippen LogP contribution in [0.2, 0.25) is 0 Å². The Kier molecular flexibility index (Phi) is 5.40. The van der Waals surface area contributed by atoms with Gasteiger partial charge in [0.15, 0.2) is 6.23 Å². The zero-order valence-corrected chi connectivity index (χ0v) is 14.9. The predicted molar refractivity (Wildman–Crippen MR) is 89.5 cm³/mol. The fourth-order valence-corrected chi connectivity index (χ4v) is 3.83. The number of guanidine groups is 1. The fraction of sp³-hybridized carbons (Fsp3) is 0.765. The molecule has 1 saturated carbocycles. The van der Waals surface area contributed by atoms with Crippen LogP contribution < -0.4 is 0 Å². The van der Waals surface area contributed by atoms with Crippen LogP contribution in [0.15, 0.2) is 16.8 Å². The Morgan fingerprint density at radius 2 is 2.11 bits per heavy atom. The molecular formula is C17H24F3N3O4. The molecule has 3 rings (SSSR count). The van der Waals surface area contributed by atoms with Crippen LogP contribution in [0.25, 0.3) is 0 Å². The number of carbonyl (C=O) groups is 1. The summed E-state index contributed by atoms with van der Waals surface area (Å²) in [4.78, 5) is 17.3. The molecule has 7 nitrogen and oxygen atoms in total. The normalized spacial score (nSPS) is 31.8. The molecule has 10 heteroatoms. The van der Waals surface area contributed by atoms with Gasteiger partial charge in [0.05, 0.1) is 6.10 Å². The summed E-state index contributed by atoms with van der Waals surface area (Å²) in [6, 6.07) is -1.96. The molecule has 1 saturated heterocycles. The number of halogens is 3. The molecular weight excluding hydrogens is 367 g/mol. The smallest absolute Gasteiger partial charge is 0.408 e. The topological polar surface area (TPSA) is 96.6 Å². The number of aliphatic hydroxyl groups excluding tert-OH is 2. The van der Waals surface area contributed by atoms with E-state index in [4.69, 9.17) is 5.11 Å². The van der Waals surface area contributed by atoms with Crippen molar-refractivity contribution >= 4 is 11.9 Å². The van der Waals surface area contributed by atoms with E-state index in [0.29, 0.717) is 29.4 Å². The van der Waals surface area contributed by atoms with E-state index in [-0.39, 0.29) is 24.8 Å². The van der Waals surface area contributed by atoms with E-state index in [1.807, 2.05) is 6.92 Å². The number of allylic oxidation sites excluding steroid dienone is 1. The lowest BCUT2D eigenvalue weighted by atomic mass is 10.0. The highest BCUT2D eigenvalue weighted by molar-refractivity contribution is 5.87. The number of fused-ring (bicyclic) bond motifs is 1. The van der Waals surface area contributed by atoms with Crippen LogP contribution in [-0.4, -0.2) is 74.7 Å². The van der Waals surface area contributed by atoms with Gasteiger partial charge in [-0.25, -0.2) is 4.99 Å². The van der Waals surface area contributed by atoms with Gasteiger partial charge >= 0.3 is 12.1 Å². The fourth-order valence-electron chi connectivity index (χ4n) is 3.83. The first-order chi connectivity index (χ1) is 12.6. The summed E-state index contributed by atoms with van der Waals surface area (Å²) in [5.74, 6) is -0.886. The molecule has 0 aromatic carbocycles. The van der Waals surface area contributed by atoms with Crippen LogP contribution in [0.4, 0.5) is 13.2 Å². The number of carboxylic acid groups (broad SMARTS) is 1. The standard InChI is InChI=1S/C17H24F3N3O4/c1-9-6-11(9)12(24)3-2-10-7-14(25)22-5-4-13(17(18,19)20)23(8-15(26)27)16(22)21-10/h7,9,11-14,24-25H,2-6,8H2,1H3,(H,26,27)/t9?,11?,12-,13+,14?/m1/s1. The summed E-state index contributed by atoms with van der Waals surface area (Å²) < 4.78 is 40.1. The Hall–Kier alpha value is -1.81. The van der Waals surface area contributed by atoms with Gasteiger partial charge in [0.25, 0.3) is 0 Å². The summed E-state index contributed by atoms with van der Waals surface area (Å²) in [6.45, 7) is 1.10. The minimum Gasteiger partial charge on any atom is -0.480 e. The maximum Gasteiger partial charge on any atom is 0.408 e. The van der Waals surface area contributed by atoms with Crippen molar-refractivity contribution in [1.29, 1.82) is 0 Å². The molecule has 0 amide bonds. The lowest BCUT2D eigenvalue weighted by molar-refractivity contribution is -0.185. The molecule has 5 atom stereocenters. The van der Waals surface area contributed by atoms with Gasteiger partial charge in [0, 0.05) is 12.2 Å². The van der Waals surface area contributed by atoms with Crippen LogP contribution in [0.5, 0.6) is 0 Å². The van der Waals surface area contributed by atoms with E-state index in [2.05, 4.69) is 4.99 Å². The highest BCUT2D eigenvalue weighted by Gasteiger charge is 2.50. The van der Waals surface area contributed by atoms with Crippen LogP contribution in [0, 0.1) is 11.8 Å². The second kappa shape index (κ2) is 7.31. The van der Waals surface area contributed by atoms with Crippen molar-refractivity contribution in [3.63, 3.8) is 0 Å². The predicted octanol–water partition coefficient (Wildman–Crippen LogP) is 1.38. The van der Waals surface area contributed by atoms with Crippen molar-refractivity contribution < 1.29 is 33.3 Å². The first-order valence-corrected chi connectivity index (χ1v) is 9.05. The molecule has 2 fully saturated rings. The number of aliphatic imine (C=N–C) groups is 1. The van der Waals surface area contributed by atoms with E-state index in [1.165, 1.54) is 11.0 Å². The zero-order chi connectivity index (χ0) is 19.9. The molecule has 0 bridgehead atoms. The first-order valence-electron chi connectivity index (χ1n) is 9.05. The minimum atomic E-state index is -4.60. The highest BCUT2D eigenvalue weighted by Crippen LogP contribution is 2.42. The molecule has 152 valence electrons. The molecule has 0 aromatic heterocycles. The number of alkyl halides is 3. The second-order valence-electron chi connectivity index (χ2n) is 7.53. The van der Waals surface area contributed by atoms with Crippen LogP contribution in [0.1, 0.15) is 32.6 Å². The Morgan fingerprint density at radius 1 is 1.44 bits per heavy atom. The van der Waals surface area contributed by atoms with Gasteiger partial charge in [-0.05, 0) is 43.6 Å². The Balaban J connectivity index is 1.78. The van der Waals surface area contributed by atoms with Gasteiger partial charge in [-0.3, -0.25) is 4.79 Å². The number of aliphatic hydroxyl groups is 2. The number of rotatable bonds is 6. The quantitative estimate of drug-likeness (QED) is 0.633. The molecule has 27 heavy (non-hydrogen) atoms. The minimum absolute atomic E-state index is 0.0771. The van der Waals surface area contributed by atoms with Gasteiger partial charge in [-0.15, -0.1) is 0 Å². The van der Waals surface area contributed by atoms with E-state index in [0.717, 1.165) is 6.42 Å². The molecule has 3 N–H and O–H groups in total. The summed E-state index contributed by atoms with van der Waals surface area (Å²) in [6.07, 6.45) is -3.55. The van der Waals surface area contributed by atoms with Gasteiger partial charge in [-0.1, -0.05) is 6.92 Å². The van der Waals surface area contributed by atoms with E-state index < -0.39 is 37.1 Å². The van der Waals surface area contributed by atoms with Crippen molar-refractivity contribution in [2.45, 2.75) is 57.2 Å². The summed E-state index contributed by atoms with van der Waals surface area (Å²) in [5, 5.41) is 29.5. The number of nitrogens with zero attached hydrogens (tertiary/aromatic N) is 3. The summed E-state index contributed by atoms with van der Waals surface area (Å²) in [5.41, 5.74) is 0.360. The monoisotopic (exact) mass is 391 g/mol. The second-order valence-corrected chi connectivity index (χ2v) is 7.53. The van der Waals surface area contributed by atoms with Crippen molar-refractivity contribution in [1.82, 2.24) is 9.80 Å². The zero-order valence-electron chi connectivity index (χ0n) is 14.9. The molecule has 2 heterocycles. The van der Waals surface area contributed by atoms with E-state index in [1.54, 1.807) is 0 Å². The Morgan fingerprint density at radius 3 is 2.67 bits per heavy atom. The van der Waals surface area contributed by atoms with Gasteiger partial charge < -0.3 is 25.1 Å². The van der Waals surface area contributed by atoms with Crippen molar-refractivity contribution in [3.05, 3.63) is 11.8 Å². The number of aliphatic carboxylic acids is 1. The van der Waals surface area contributed by atoms with Crippen molar-refractivity contribution in [3.8, 4) is 0 Å². The molecule has 3 unspecified atom stereocenters. The molecule has 0 radical (unpaired) electrons. The largest absolute Gasteiger partial charge is 0.480 e. The van der Waals surface area contributed by atoms with Gasteiger partial charge in [0.2, 0.25) is 5.96 Å². The molecule has 3 aliphatic rings. The number of hydrogen-bond donors (Lipinski definition) is 3. The average Bonchev–Trinajstić information content (AvgIpc) is 3.28. The first kappa shape index (κ1) is 19.9. The van der Waals surface area contributed by atoms with Crippen molar-refractivity contribution in [2.75, 3.05) is 13.1 Å². The SMILES string of the molecule is CC1CC1[C@H](O)CCC1=CC(O)N2CC[C@@H](C(F)(F)F)N(CC(=O)O)C2=N1. The number of carboxylic acids is 1. The summed E-state index contributed by atoms with van der Waals surface area (Å²) in [7, 11) is 0. The lowest BCUT2D eigenvalue weighted by Crippen LogP contribution is -2.63. The molecule has 2 aliphatic heterocycles. The van der Waals surface area contributed by atoms with Gasteiger partial charge in [-0.2, -0.15) is 13.2 Å². The third kappa shape index (κ3) is 4.37. The Labute approximate surface area is 154 Å². The molecule has 0 aromatic rings. The Bertz CT molecular complexity index is 652. The van der Waals surface area contributed by atoms with Crippen LogP contribution >= 0.6 is 0 Å². The van der Waals surface area contributed by atoms with Crippen LogP contribution in [0.3, 0.4) is 0 Å². The lowest BCUT2D eigenvalue weighted by Gasteiger charge is -2.46. The summed E-state index contributed by atoms with van der Waals surface area (Å²) >= 11 is 0. The third-order valence-electron chi connectivity index (χ3n) is 5.48. The van der Waals surface area contributed by atoms with E-state index in [9.17, 15) is 28.2 Å². The molecule has 1 aliphatic carbocycles.